The zero-order chi connectivity index (χ0) is 15.2. The Kier molecular flexibility index (Phi) is 5.59. The van der Waals surface area contributed by atoms with Crippen LogP contribution in [0.15, 0.2) is 36.5 Å². The Bertz CT molecular complexity index is 582. The number of nitrogens with one attached hydrogen (secondary N) is 1. The molecule has 0 fully saturated rings. The van der Waals surface area contributed by atoms with Gasteiger partial charge in [0.1, 0.15) is 5.75 Å². The highest BCUT2D eigenvalue weighted by atomic mass is 35.5. The Morgan fingerprint density at radius 3 is 2.67 bits per heavy atom. The fourth-order valence-corrected chi connectivity index (χ4v) is 2.16. The second kappa shape index (κ2) is 7.43. The van der Waals surface area contributed by atoms with Gasteiger partial charge < -0.3 is 10.1 Å². The molecule has 0 saturated heterocycles. The summed E-state index contributed by atoms with van der Waals surface area (Å²) in [5.41, 5.74) is 2.24. The van der Waals surface area contributed by atoms with Crippen molar-refractivity contribution in [3.63, 3.8) is 0 Å². The van der Waals surface area contributed by atoms with Gasteiger partial charge in [0, 0.05) is 18.8 Å². The number of rotatable bonds is 6. The van der Waals surface area contributed by atoms with Crippen LogP contribution in [0.25, 0.3) is 0 Å². The van der Waals surface area contributed by atoms with Crippen molar-refractivity contribution < 1.29 is 4.74 Å². The van der Waals surface area contributed by atoms with Crippen molar-refractivity contribution in [1.82, 2.24) is 10.3 Å². The van der Waals surface area contributed by atoms with Gasteiger partial charge in [0.05, 0.1) is 5.02 Å². The topological polar surface area (TPSA) is 34.1 Å². The predicted molar refractivity (Wildman–Crippen MR) is 87.0 cm³/mol. The summed E-state index contributed by atoms with van der Waals surface area (Å²) in [4.78, 5) is 4.31. The summed E-state index contributed by atoms with van der Waals surface area (Å²) in [6.07, 6.45) is 1.82. The van der Waals surface area contributed by atoms with Gasteiger partial charge in [0.25, 0.3) is 0 Å². The summed E-state index contributed by atoms with van der Waals surface area (Å²) in [6, 6.07) is 9.57. The van der Waals surface area contributed by atoms with Crippen molar-refractivity contribution in [3.8, 4) is 11.6 Å². The van der Waals surface area contributed by atoms with Crippen molar-refractivity contribution in [2.45, 2.75) is 27.3 Å². The Labute approximate surface area is 131 Å². The maximum absolute atomic E-state index is 6.15. The molecule has 2 rings (SSSR count). The molecule has 21 heavy (non-hydrogen) atoms. The van der Waals surface area contributed by atoms with Crippen LogP contribution in [0.5, 0.6) is 11.6 Å². The number of pyridine rings is 1. The van der Waals surface area contributed by atoms with Crippen LogP contribution in [0, 0.1) is 12.8 Å². The van der Waals surface area contributed by atoms with Gasteiger partial charge in [-0.25, -0.2) is 4.98 Å². The molecular formula is C17H21ClN2O. The smallest absolute Gasteiger partial charge is 0.219 e. The summed E-state index contributed by atoms with van der Waals surface area (Å²) in [7, 11) is 0. The SMILES string of the molecule is Cc1ccc(Oc2ccc(CNCC(C)C)cn2)c(Cl)c1. The minimum Gasteiger partial charge on any atom is -0.437 e. The van der Waals surface area contributed by atoms with Crippen LogP contribution < -0.4 is 10.1 Å². The van der Waals surface area contributed by atoms with E-state index in [-0.39, 0.29) is 0 Å². The van der Waals surface area contributed by atoms with Gasteiger partial charge in [-0.2, -0.15) is 0 Å². The fourth-order valence-electron chi connectivity index (χ4n) is 1.88. The average Bonchev–Trinajstić information content (AvgIpc) is 2.43. The molecule has 1 heterocycles. The number of hydrogen-bond donors (Lipinski definition) is 1. The van der Waals surface area contributed by atoms with E-state index < -0.39 is 0 Å². The van der Waals surface area contributed by atoms with E-state index in [1.165, 1.54) is 0 Å². The average molecular weight is 305 g/mol. The normalized spacial score (nSPS) is 10.9. The first kappa shape index (κ1) is 15.8. The number of nitrogens with zero attached hydrogens (tertiary/aromatic N) is 1. The first-order valence-electron chi connectivity index (χ1n) is 7.14. The van der Waals surface area contributed by atoms with E-state index in [2.05, 4.69) is 24.1 Å². The van der Waals surface area contributed by atoms with Gasteiger partial charge in [0.2, 0.25) is 5.88 Å². The van der Waals surface area contributed by atoms with Crippen molar-refractivity contribution in [3.05, 3.63) is 52.7 Å². The second-order valence-electron chi connectivity index (χ2n) is 5.57. The van der Waals surface area contributed by atoms with Gasteiger partial charge in [-0.3, -0.25) is 0 Å². The van der Waals surface area contributed by atoms with Crippen LogP contribution in [0.1, 0.15) is 25.0 Å². The van der Waals surface area contributed by atoms with E-state index in [4.69, 9.17) is 16.3 Å². The van der Waals surface area contributed by atoms with E-state index >= 15 is 0 Å². The highest BCUT2D eigenvalue weighted by Crippen LogP contribution is 2.29. The Morgan fingerprint density at radius 1 is 1.24 bits per heavy atom. The molecule has 0 unspecified atom stereocenters. The number of aromatic nitrogens is 1. The van der Waals surface area contributed by atoms with Gasteiger partial charge in [-0.15, -0.1) is 0 Å². The summed E-state index contributed by atoms with van der Waals surface area (Å²) in [6.45, 7) is 8.18. The lowest BCUT2D eigenvalue weighted by Gasteiger charge is -2.09. The summed E-state index contributed by atoms with van der Waals surface area (Å²) in [5.74, 6) is 1.82. The van der Waals surface area contributed by atoms with Gasteiger partial charge >= 0.3 is 0 Å². The minimum atomic E-state index is 0.549. The molecule has 0 aliphatic heterocycles. The van der Waals surface area contributed by atoms with Gasteiger partial charge in [-0.05, 0) is 42.6 Å². The van der Waals surface area contributed by atoms with Crippen LogP contribution >= 0.6 is 11.6 Å². The van der Waals surface area contributed by atoms with Gasteiger partial charge in [-0.1, -0.05) is 37.6 Å². The van der Waals surface area contributed by atoms with Crippen LogP contribution in [0.2, 0.25) is 5.02 Å². The van der Waals surface area contributed by atoms with E-state index in [0.29, 0.717) is 22.6 Å². The summed E-state index contributed by atoms with van der Waals surface area (Å²) >= 11 is 6.15. The molecule has 1 aromatic carbocycles. The van der Waals surface area contributed by atoms with Gasteiger partial charge in [0.15, 0.2) is 0 Å². The molecule has 0 spiro atoms. The molecule has 0 bridgehead atoms. The molecule has 112 valence electrons. The lowest BCUT2D eigenvalue weighted by atomic mass is 10.2. The maximum Gasteiger partial charge on any atom is 0.219 e. The molecule has 1 aromatic heterocycles. The number of benzene rings is 1. The van der Waals surface area contributed by atoms with Crippen LogP contribution in [0.4, 0.5) is 0 Å². The van der Waals surface area contributed by atoms with E-state index in [1.807, 2.05) is 43.5 Å². The number of ether oxygens (including phenoxy) is 1. The largest absolute Gasteiger partial charge is 0.437 e. The van der Waals surface area contributed by atoms with Crippen LogP contribution in [0.3, 0.4) is 0 Å². The number of aryl methyl sites for hydroxylation is 1. The highest BCUT2D eigenvalue weighted by molar-refractivity contribution is 6.32. The van der Waals surface area contributed by atoms with E-state index in [0.717, 1.165) is 24.2 Å². The Balaban J connectivity index is 1.95. The third-order valence-corrected chi connectivity index (χ3v) is 3.28. The quantitative estimate of drug-likeness (QED) is 0.848. The van der Waals surface area contributed by atoms with E-state index in [9.17, 15) is 0 Å². The molecule has 0 aliphatic carbocycles. The number of hydrogen-bond acceptors (Lipinski definition) is 3. The Morgan fingerprint density at radius 2 is 2.05 bits per heavy atom. The molecule has 2 aromatic rings. The third-order valence-electron chi connectivity index (χ3n) is 2.98. The summed E-state index contributed by atoms with van der Waals surface area (Å²) < 4.78 is 5.70. The molecule has 0 amide bonds. The van der Waals surface area contributed by atoms with E-state index in [1.54, 1.807) is 0 Å². The zero-order valence-electron chi connectivity index (χ0n) is 12.7. The molecule has 0 radical (unpaired) electrons. The Hall–Kier alpha value is -1.58. The number of halogens is 1. The molecule has 0 aliphatic rings. The summed E-state index contributed by atoms with van der Waals surface area (Å²) in [5, 5.41) is 3.98. The molecule has 4 heteroatoms. The maximum atomic E-state index is 6.15. The minimum absolute atomic E-state index is 0.549. The first-order valence-corrected chi connectivity index (χ1v) is 7.52. The van der Waals surface area contributed by atoms with Crippen LogP contribution in [-0.2, 0) is 6.54 Å². The lowest BCUT2D eigenvalue weighted by molar-refractivity contribution is 0.462. The predicted octanol–water partition coefficient (Wildman–Crippen LogP) is 4.58. The zero-order valence-corrected chi connectivity index (χ0v) is 13.4. The van der Waals surface area contributed by atoms with Crippen molar-refractivity contribution in [2.75, 3.05) is 6.54 Å². The molecular weight excluding hydrogens is 284 g/mol. The molecule has 3 nitrogen and oxygen atoms in total. The third kappa shape index (κ3) is 5.03. The molecule has 0 atom stereocenters. The first-order chi connectivity index (χ1) is 10.0. The highest BCUT2D eigenvalue weighted by Gasteiger charge is 2.04. The molecule has 1 N–H and O–H groups in total. The monoisotopic (exact) mass is 304 g/mol. The van der Waals surface area contributed by atoms with Crippen molar-refractivity contribution >= 4 is 11.6 Å². The van der Waals surface area contributed by atoms with Crippen molar-refractivity contribution in [2.24, 2.45) is 5.92 Å². The van der Waals surface area contributed by atoms with Crippen molar-refractivity contribution in [1.29, 1.82) is 0 Å². The second-order valence-corrected chi connectivity index (χ2v) is 5.97. The standard InChI is InChI=1S/C17H21ClN2O/c1-12(2)9-19-10-14-5-7-17(20-11-14)21-16-6-4-13(3)8-15(16)18/h4-8,11-12,19H,9-10H2,1-3H3. The lowest BCUT2D eigenvalue weighted by Crippen LogP contribution is -2.18. The fraction of sp³-hybridized carbons (Fsp3) is 0.353. The molecule has 0 saturated carbocycles. The van der Waals surface area contributed by atoms with Crippen LogP contribution in [-0.4, -0.2) is 11.5 Å².